The first-order valence-electron chi connectivity index (χ1n) is 9.27. The van der Waals surface area contributed by atoms with Crippen molar-refractivity contribution in [2.75, 3.05) is 5.32 Å². The average molecular weight is 397 g/mol. The van der Waals surface area contributed by atoms with Crippen LogP contribution in [0, 0.1) is 11.8 Å². The zero-order valence-corrected chi connectivity index (χ0v) is 17.0. The molecule has 2 heterocycles. The van der Waals surface area contributed by atoms with Crippen LogP contribution in [-0.2, 0) is 16.6 Å². The molecule has 8 nitrogen and oxygen atoms in total. The highest BCUT2D eigenvalue weighted by molar-refractivity contribution is 5.97. The number of carbonyl (C=O) groups excluding carboxylic acids is 2. The molecular weight excluding hydrogens is 370 g/mol. The van der Waals surface area contributed by atoms with Gasteiger partial charge in [-0.2, -0.15) is 5.10 Å². The number of anilines is 1. The van der Waals surface area contributed by atoms with E-state index in [4.69, 9.17) is 10.5 Å². The Kier molecular flexibility index (Phi) is 7.30. The molecule has 2 atom stereocenters. The molecule has 0 aliphatic rings. The Bertz CT molecular complexity index is 903. The van der Waals surface area contributed by atoms with Gasteiger partial charge in [-0.3, -0.25) is 14.5 Å². The number of hydrogen-bond acceptors (Lipinski definition) is 5. The molecule has 0 fully saturated rings. The van der Waals surface area contributed by atoms with Gasteiger partial charge in [-0.15, -0.1) is 13.2 Å². The number of carbonyl (C=O) groups is 2. The van der Waals surface area contributed by atoms with Gasteiger partial charge in [-0.1, -0.05) is 26.0 Å². The molecule has 0 aliphatic heterocycles. The Labute approximate surface area is 170 Å². The van der Waals surface area contributed by atoms with Crippen LogP contribution in [0.4, 0.5) is 10.5 Å². The molecule has 0 radical (unpaired) electrons. The summed E-state index contributed by atoms with van der Waals surface area (Å²) in [4.78, 5) is 28.2. The Morgan fingerprint density at radius 2 is 2.10 bits per heavy atom. The Morgan fingerprint density at radius 3 is 2.69 bits per heavy atom. The van der Waals surface area contributed by atoms with Crippen molar-refractivity contribution in [2.45, 2.75) is 26.4 Å². The molecule has 2 rings (SSSR count). The molecule has 0 saturated heterocycles. The summed E-state index contributed by atoms with van der Waals surface area (Å²) < 4.78 is 6.81. The van der Waals surface area contributed by atoms with Gasteiger partial charge in [-0.25, -0.2) is 4.79 Å². The van der Waals surface area contributed by atoms with Crippen LogP contribution in [-0.4, -0.2) is 26.8 Å². The zero-order chi connectivity index (χ0) is 21.6. The molecule has 0 aliphatic carbocycles. The maximum Gasteiger partial charge on any atom is 0.405 e. The monoisotopic (exact) mass is 397 g/mol. The largest absolute Gasteiger partial charge is 0.440 e. The number of amides is 2. The van der Waals surface area contributed by atoms with E-state index in [-0.39, 0.29) is 17.7 Å². The van der Waals surface area contributed by atoms with E-state index in [0.717, 1.165) is 5.56 Å². The molecule has 29 heavy (non-hydrogen) atoms. The van der Waals surface area contributed by atoms with Crippen molar-refractivity contribution >= 4 is 17.7 Å². The van der Waals surface area contributed by atoms with E-state index in [1.807, 2.05) is 13.8 Å². The van der Waals surface area contributed by atoms with E-state index in [1.54, 1.807) is 48.4 Å². The number of pyridine rings is 1. The third-order valence-corrected chi connectivity index (χ3v) is 4.50. The second kappa shape index (κ2) is 9.68. The highest BCUT2D eigenvalue weighted by atomic mass is 16.6. The quantitative estimate of drug-likeness (QED) is 0.628. The van der Waals surface area contributed by atoms with Crippen molar-refractivity contribution in [3.05, 3.63) is 55.5 Å². The van der Waals surface area contributed by atoms with Crippen molar-refractivity contribution in [1.29, 1.82) is 0 Å². The van der Waals surface area contributed by atoms with Crippen molar-refractivity contribution in [2.24, 2.45) is 24.6 Å². The van der Waals surface area contributed by atoms with Crippen LogP contribution in [0.2, 0.25) is 0 Å². The number of rotatable bonds is 9. The van der Waals surface area contributed by atoms with Crippen LogP contribution < -0.4 is 11.1 Å². The second-order valence-electron chi connectivity index (χ2n) is 6.94. The summed E-state index contributed by atoms with van der Waals surface area (Å²) in [6, 6.07) is 3.57. The van der Waals surface area contributed by atoms with Gasteiger partial charge in [0, 0.05) is 25.2 Å². The van der Waals surface area contributed by atoms with Crippen LogP contribution in [0.15, 0.2) is 49.8 Å². The van der Waals surface area contributed by atoms with Crippen LogP contribution in [0.5, 0.6) is 0 Å². The molecule has 0 spiro atoms. The van der Waals surface area contributed by atoms with E-state index >= 15 is 0 Å². The Hall–Kier alpha value is -3.42. The normalized spacial score (nSPS) is 12.8. The van der Waals surface area contributed by atoms with Gasteiger partial charge < -0.3 is 15.8 Å². The maximum absolute atomic E-state index is 12.6. The molecule has 8 heteroatoms. The van der Waals surface area contributed by atoms with Crippen molar-refractivity contribution < 1.29 is 14.3 Å². The van der Waals surface area contributed by atoms with E-state index in [9.17, 15) is 9.59 Å². The van der Waals surface area contributed by atoms with Gasteiger partial charge in [-0.05, 0) is 18.1 Å². The lowest BCUT2D eigenvalue weighted by Crippen LogP contribution is -2.25. The van der Waals surface area contributed by atoms with E-state index in [0.29, 0.717) is 23.5 Å². The first kappa shape index (κ1) is 21.9. The fraction of sp³-hybridized carbons (Fsp3) is 0.333. The second-order valence-corrected chi connectivity index (χ2v) is 6.94. The van der Waals surface area contributed by atoms with Crippen LogP contribution >= 0.6 is 0 Å². The van der Waals surface area contributed by atoms with E-state index in [2.05, 4.69) is 28.6 Å². The summed E-state index contributed by atoms with van der Waals surface area (Å²) in [6.07, 6.45) is 5.29. The lowest BCUT2D eigenvalue weighted by molar-refractivity contribution is -0.119. The van der Waals surface area contributed by atoms with E-state index in [1.165, 1.54) is 0 Å². The van der Waals surface area contributed by atoms with Gasteiger partial charge in [0.2, 0.25) is 5.91 Å². The van der Waals surface area contributed by atoms with E-state index < -0.39 is 12.2 Å². The lowest BCUT2D eigenvalue weighted by Gasteiger charge is -2.17. The first-order chi connectivity index (χ1) is 13.8. The highest BCUT2D eigenvalue weighted by Crippen LogP contribution is 2.31. The Balaban J connectivity index is 2.39. The minimum Gasteiger partial charge on any atom is -0.440 e. The van der Waals surface area contributed by atoms with Crippen LogP contribution in [0.1, 0.15) is 32.1 Å². The molecule has 2 aromatic heterocycles. The fourth-order valence-corrected chi connectivity index (χ4v) is 3.06. The number of nitrogens with one attached hydrogen (secondary N) is 1. The molecule has 154 valence electrons. The highest BCUT2D eigenvalue weighted by Gasteiger charge is 2.22. The minimum absolute atomic E-state index is 0.116. The molecule has 0 bridgehead atoms. The number of aromatic nitrogens is 3. The lowest BCUT2D eigenvalue weighted by atomic mass is 9.95. The summed E-state index contributed by atoms with van der Waals surface area (Å²) in [6.45, 7) is 11.4. The van der Waals surface area contributed by atoms with Gasteiger partial charge in [0.05, 0.1) is 29.2 Å². The summed E-state index contributed by atoms with van der Waals surface area (Å²) >= 11 is 0. The number of aryl methyl sites for hydroxylation is 1. The fourth-order valence-electron chi connectivity index (χ4n) is 3.06. The average Bonchev–Trinajstić information content (AvgIpc) is 3.01. The molecule has 2 aromatic rings. The van der Waals surface area contributed by atoms with Crippen LogP contribution in [0.3, 0.4) is 0 Å². The summed E-state index contributed by atoms with van der Waals surface area (Å²) in [5, 5.41) is 7.20. The smallest absolute Gasteiger partial charge is 0.405 e. The first-order valence-corrected chi connectivity index (χ1v) is 9.27. The number of nitrogens with two attached hydrogens (primary N) is 1. The Morgan fingerprint density at radius 1 is 1.38 bits per heavy atom. The molecule has 2 amide bonds. The van der Waals surface area contributed by atoms with Crippen molar-refractivity contribution in [3.63, 3.8) is 0 Å². The minimum atomic E-state index is -0.887. The SMILES string of the molecule is C=CCC(OC(N)=O)c1cc(-c2c(NC(=O)C(C=C)C(C)C)cnn2C)ccn1. The van der Waals surface area contributed by atoms with Crippen molar-refractivity contribution in [3.8, 4) is 11.3 Å². The summed E-state index contributed by atoms with van der Waals surface area (Å²) in [7, 11) is 1.78. The summed E-state index contributed by atoms with van der Waals surface area (Å²) in [5.41, 5.74) is 7.71. The van der Waals surface area contributed by atoms with Gasteiger partial charge in [0.1, 0.15) is 6.10 Å². The molecule has 3 N–H and O–H groups in total. The van der Waals surface area contributed by atoms with Gasteiger partial charge in [0.15, 0.2) is 0 Å². The predicted molar refractivity (Wildman–Crippen MR) is 112 cm³/mol. The standard InChI is InChI=1S/C21H27N5O3/c1-6-8-18(29-21(22)28)16-11-14(9-10-23-16)19-17(12-24-26(19)5)25-20(27)15(7-2)13(3)4/h6-7,9-13,15,18H,1-2,8H2,3-5H3,(H2,22,28)(H,25,27). The van der Waals surface area contributed by atoms with Gasteiger partial charge >= 0.3 is 6.09 Å². The number of hydrogen-bond donors (Lipinski definition) is 2. The zero-order valence-electron chi connectivity index (χ0n) is 17.0. The van der Waals surface area contributed by atoms with Crippen molar-refractivity contribution in [1.82, 2.24) is 14.8 Å². The topological polar surface area (TPSA) is 112 Å². The third kappa shape index (κ3) is 5.31. The number of ether oxygens (including phenoxy) is 1. The maximum atomic E-state index is 12.6. The predicted octanol–water partition coefficient (Wildman–Crippen LogP) is 3.59. The molecular formula is C21H27N5O3. The van der Waals surface area contributed by atoms with Crippen LogP contribution in [0.25, 0.3) is 11.3 Å². The molecule has 2 unspecified atom stereocenters. The molecule has 0 saturated carbocycles. The van der Waals surface area contributed by atoms with Gasteiger partial charge in [0.25, 0.3) is 0 Å². The number of nitrogens with zero attached hydrogens (tertiary/aromatic N) is 3. The third-order valence-electron chi connectivity index (χ3n) is 4.50. The summed E-state index contributed by atoms with van der Waals surface area (Å²) in [5.74, 6) is -0.358. The number of primary amides is 1. The molecule has 0 aromatic carbocycles.